The summed E-state index contributed by atoms with van der Waals surface area (Å²) in [5.74, 6) is 1.24. The zero-order valence-corrected chi connectivity index (χ0v) is 14.8. The highest BCUT2D eigenvalue weighted by Gasteiger charge is 2.20. The Bertz CT molecular complexity index is 417. The Labute approximate surface area is 131 Å². The largest absolute Gasteiger partial charge is 0.354 e. The van der Waals surface area contributed by atoms with E-state index in [1.54, 1.807) is 0 Å². The molecule has 0 radical (unpaired) electrons. The van der Waals surface area contributed by atoms with Gasteiger partial charge in [-0.1, -0.05) is 13.3 Å². The fraction of sp³-hybridized carbons (Fsp3) is 0.800. The number of anilines is 1. The van der Waals surface area contributed by atoms with Crippen LogP contribution in [0.5, 0.6) is 0 Å². The molecule has 2 heterocycles. The summed E-state index contributed by atoms with van der Waals surface area (Å²) in [5.41, 5.74) is 1.21. The van der Waals surface area contributed by atoms with Gasteiger partial charge in [-0.3, -0.25) is 4.90 Å². The van der Waals surface area contributed by atoms with Gasteiger partial charge >= 0.3 is 0 Å². The van der Waals surface area contributed by atoms with Crippen LogP contribution in [-0.2, 0) is 6.54 Å². The summed E-state index contributed by atoms with van der Waals surface area (Å²) in [4.78, 5) is 10.9. The average Bonchev–Trinajstić information content (AvgIpc) is 2.62. The van der Waals surface area contributed by atoms with Crippen LogP contribution in [0.1, 0.15) is 36.8 Å². The van der Waals surface area contributed by atoms with Crippen molar-refractivity contribution in [2.75, 3.05) is 37.8 Å². The van der Waals surface area contributed by atoms with Gasteiger partial charge in [0, 0.05) is 37.3 Å². The lowest BCUT2D eigenvalue weighted by atomic mass is 10.2. The molecule has 1 aromatic heterocycles. The summed E-state index contributed by atoms with van der Waals surface area (Å²) in [7, 11) is 4.14. The van der Waals surface area contributed by atoms with E-state index in [-0.39, 0.29) is 0 Å². The first-order chi connectivity index (χ1) is 9.60. The maximum absolute atomic E-state index is 4.67. The summed E-state index contributed by atoms with van der Waals surface area (Å²) < 4.78 is 0. The molecule has 0 aromatic carbocycles. The molecule has 114 valence electrons. The Kier molecular flexibility index (Phi) is 6.18. The maximum Gasteiger partial charge on any atom is 0.185 e. The zero-order chi connectivity index (χ0) is 14.5. The second-order valence-corrected chi connectivity index (χ2v) is 8.35. The third-order valence-corrected chi connectivity index (χ3v) is 6.25. The Morgan fingerprint density at radius 2 is 2.20 bits per heavy atom. The van der Waals surface area contributed by atoms with Crippen LogP contribution in [0, 0.1) is 6.92 Å². The van der Waals surface area contributed by atoms with Gasteiger partial charge in [0.05, 0.1) is 5.69 Å². The lowest BCUT2D eigenvalue weighted by Gasteiger charge is -2.23. The molecule has 3 nitrogen and oxygen atoms in total. The van der Waals surface area contributed by atoms with E-state index in [0.29, 0.717) is 0 Å². The highest BCUT2D eigenvalue weighted by atomic mass is 32.2. The van der Waals surface area contributed by atoms with Crippen LogP contribution in [0.15, 0.2) is 0 Å². The number of aromatic nitrogens is 1. The molecule has 1 aliphatic heterocycles. The van der Waals surface area contributed by atoms with Gasteiger partial charge in [0.15, 0.2) is 5.13 Å². The smallest absolute Gasteiger partial charge is 0.185 e. The first-order valence-corrected chi connectivity index (χ1v) is 9.44. The third-order valence-electron chi connectivity index (χ3n) is 3.75. The van der Waals surface area contributed by atoms with Gasteiger partial charge in [0.25, 0.3) is 0 Å². The predicted molar refractivity (Wildman–Crippen MR) is 92.2 cm³/mol. The number of thiazole rings is 1. The fourth-order valence-corrected chi connectivity index (χ4v) is 4.79. The van der Waals surface area contributed by atoms with Crippen molar-refractivity contribution in [1.29, 1.82) is 0 Å². The van der Waals surface area contributed by atoms with Gasteiger partial charge in [0.2, 0.25) is 0 Å². The molecule has 0 bridgehead atoms. The summed E-state index contributed by atoms with van der Waals surface area (Å²) in [6.07, 6.45) is 4.12. The second-order valence-electron chi connectivity index (χ2n) is 5.71. The van der Waals surface area contributed by atoms with E-state index >= 15 is 0 Å². The Morgan fingerprint density at radius 1 is 1.40 bits per heavy atom. The van der Waals surface area contributed by atoms with Gasteiger partial charge in [0.1, 0.15) is 0 Å². The monoisotopic (exact) mass is 313 g/mol. The van der Waals surface area contributed by atoms with E-state index in [1.807, 2.05) is 11.3 Å². The average molecular weight is 314 g/mol. The molecular formula is C15H27N3S2. The molecule has 1 fully saturated rings. The minimum absolute atomic E-state index is 0.823. The standard InChI is InChI=1S/C15H27N3S2/c1-5-19-13-8-6-7-9-18(10-13)11-14-12(2)16-15(20-14)17(3)4/h13H,5-11H2,1-4H3/t13-/m0/s1. The third kappa shape index (κ3) is 4.37. The van der Waals surface area contributed by atoms with Crippen LogP contribution in [-0.4, -0.2) is 48.1 Å². The lowest BCUT2D eigenvalue weighted by Crippen LogP contribution is -2.29. The fourth-order valence-electron chi connectivity index (χ4n) is 2.65. The van der Waals surface area contributed by atoms with E-state index < -0.39 is 0 Å². The highest BCUT2D eigenvalue weighted by Crippen LogP contribution is 2.28. The van der Waals surface area contributed by atoms with Crippen molar-refractivity contribution in [2.45, 2.75) is 44.9 Å². The molecule has 5 heteroatoms. The number of thioether (sulfide) groups is 1. The molecule has 1 atom stereocenters. The molecule has 0 aliphatic carbocycles. The van der Waals surface area contributed by atoms with Crippen LogP contribution in [0.2, 0.25) is 0 Å². The second kappa shape index (κ2) is 7.66. The van der Waals surface area contributed by atoms with Gasteiger partial charge in [-0.05, 0) is 32.1 Å². The molecule has 0 amide bonds. The molecule has 0 N–H and O–H groups in total. The molecule has 20 heavy (non-hydrogen) atoms. The Balaban J connectivity index is 2.00. The SMILES string of the molecule is CCS[C@H]1CCCCN(Cc2sc(N(C)C)nc2C)C1. The summed E-state index contributed by atoms with van der Waals surface area (Å²) >= 11 is 3.98. The van der Waals surface area contributed by atoms with Crippen LogP contribution >= 0.6 is 23.1 Å². The quantitative estimate of drug-likeness (QED) is 0.826. The van der Waals surface area contributed by atoms with Gasteiger partial charge in [-0.15, -0.1) is 11.3 Å². The van der Waals surface area contributed by atoms with E-state index in [2.05, 4.69) is 54.5 Å². The number of rotatable bonds is 5. The summed E-state index contributed by atoms with van der Waals surface area (Å²) in [6.45, 7) is 7.99. The minimum Gasteiger partial charge on any atom is -0.354 e. The normalized spacial score (nSPS) is 20.9. The van der Waals surface area contributed by atoms with Crippen molar-refractivity contribution >= 4 is 28.2 Å². The van der Waals surface area contributed by atoms with Gasteiger partial charge < -0.3 is 4.90 Å². The van der Waals surface area contributed by atoms with E-state index in [1.165, 1.54) is 48.7 Å². The summed E-state index contributed by atoms with van der Waals surface area (Å²) in [5, 5.41) is 1.95. The number of aryl methyl sites for hydroxylation is 1. The van der Waals surface area contributed by atoms with Crippen molar-refractivity contribution in [1.82, 2.24) is 9.88 Å². The first-order valence-electron chi connectivity index (χ1n) is 7.57. The first kappa shape index (κ1) is 16.1. The molecule has 0 unspecified atom stereocenters. The highest BCUT2D eigenvalue weighted by molar-refractivity contribution is 7.99. The van der Waals surface area contributed by atoms with Gasteiger partial charge in [-0.25, -0.2) is 4.98 Å². The van der Waals surface area contributed by atoms with E-state index in [9.17, 15) is 0 Å². The molecular weight excluding hydrogens is 286 g/mol. The van der Waals surface area contributed by atoms with E-state index in [0.717, 1.165) is 16.9 Å². The van der Waals surface area contributed by atoms with Crippen molar-refractivity contribution in [3.05, 3.63) is 10.6 Å². The maximum atomic E-state index is 4.67. The predicted octanol–water partition coefficient (Wildman–Crippen LogP) is 3.63. The molecule has 0 spiro atoms. The number of hydrogen-bond donors (Lipinski definition) is 0. The number of hydrogen-bond acceptors (Lipinski definition) is 5. The Hall–Kier alpha value is -0.260. The van der Waals surface area contributed by atoms with Crippen molar-refractivity contribution < 1.29 is 0 Å². The van der Waals surface area contributed by atoms with Gasteiger partial charge in [-0.2, -0.15) is 11.8 Å². The van der Waals surface area contributed by atoms with Crippen LogP contribution in [0.3, 0.4) is 0 Å². The number of likely N-dealkylation sites (tertiary alicyclic amines) is 1. The topological polar surface area (TPSA) is 19.4 Å². The van der Waals surface area contributed by atoms with Crippen LogP contribution in [0.25, 0.3) is 0 Å². The van der Waals surface area contributed by atoms with Crippen LogP contribution < -0.4 is 4.90 Å². The van der Waals surface area contributed by atoms with Crippen molar-refractivity contribution in [3.8, 4) is 0 Å². The molecule has 1 aliphatic rings. The summed E-state index contributed by atoms with van der Waals surface area (Å²) in [6, 6.07) is 0. The molecule has 1 aromatic rings. The molecule has 2 rings (SSSR count). The van der Waals surface area contributed by atoms with Crippen LogP contribution in [0.4, 0.5) is 5.13 Å². The van der Waals surface area contributed by atoms with Crippen molar-refractivity contribution in [2.24, 2.45) is 0 Å². The van der Waals surface area contributed by atoms with E-state index in [4.69, 9.17) is 0 Å². The minimum atomic E-state index is 0.823. The zero-order valence-electron chi connectivity index (χ0n) is 13.2. The molecule has 0 saturated carbocycles. The Morgan fingerprint density at radius 3 is 2.85 bits per heavy atom. The number of nitrogens with zero attached hydrogens (tertiary/aromatic N) is 3. The molecule has 1 saturated heterocycles. The van der Waals surface area contributed by atoms with Crippen molar-refractivity contribution in [3.63, 3.8) is 0 Å². The lowest BCUT2D eigenvalue weighted by molar-refractivity contribution is 0.281.